The van der Waals surface area contributed by atoms with E-state index in [1.165, 1.54) is 18.2 Å². The number of rotatable bonds is 6. The van der Waals surface area contributed by atoms with Crippen molar-refractivity contribution in [3.63, 3.8) is 0 Å². The topological polar surface area (TPSA) is 84.9 Å². The molecule has 142 valence electrons. The molecule has 0 radical (unpaired) electrons. The van der Waals surface area contributed by atoms with Gasteiger partial charge in [0.25, 0.3) is 0 Å². The largest absolute Gasteiger partial charge is 0.493 e. The van der Waals surface area contributed by atoms with Gasteiger partial charge in [-0.1, -0.05) is 18.2 Å². The first kappa shape index (κ1) is 20.0. The van der Waals surface area contributed by atoms with E-state index >= 15 is 0 Å². The molecule has 0 atom stereocenters. The van der Waals surface area contributed by atoms with E-state index in [1.54, 1.807) is 43.5 Å². The van der Waals surface area contributed by atoms with Gasteiger partial charge in [-0.15, -0.1) is 0 Å². The van der Waals surface area contributed by atoms with Gasteiger partial charge in [-0.25, -0.2) is 4.79 Å². The third-order valence-corrected chi connectivity index (χ3v) is 3.45. The fourth-order valence-electron chi connectivity index (χ4n) is 2.33. The minimum Gasteiger partial charge on any atom is -0.493 e. The van der Waals surface area contributed by atoms with Crippen LogP contribution in [0, 0.1) is 0 Å². The van der Waals surface area contributed by atoms with E-state index in [4.69, 9.17) is 14.6 Å². The van der Waals surface area contributed by atoms with Crippen molar-refractivity contribution >= 4 is 23.6 Å². The average Bonchev–Trinajstić information content (AvgIpc) is 2.60. The maximum Gasteiger partial charge on any atom is 0.337 e. The van der Waals surface area contributed by atoms with Crippen LogP contribution in [0.4, 0.5) is 5.69 Å². The molecule has 0 aliphatic heterocycles. The molecule has 6 heteroatoms. The molecule has 2 N–H and O–H groups in total. The molecule has 6 nitrogen and oxygen atoms in total. The fourth-order valence-corrected chi connectivity index (χ4v) is 2.33. The molecule has 0 unspecified atom stereocenters. The molecule has 0 fully saturated rings. The van der Waals surface area contributed by atoms with Gasteiger partial charge in [0, 0.05) is 6.08 Å². The highest BCUT2D eigenvalue weighted by Crippen LogP contribution is 2.31. The number of nitrogens with one attached hydrogen (secondary N) is 1. The van der Waals surface area contributed by atoms with Crippen molar-refractivity contribution in [2.45, 2.75) is 26.4 Å². The monoisotopic (exact) mass is 369 g/mol. The molecule has 2 rings (SSSR count). The highest BCUT2D eigenvalue weighted by molar-refractivity contribution is 6.06. The van der Waals surface area contributed by atoms with E-state index in [-0.39, 0.29) is 16.9 Å². The number of benzene rings is 2. The lowest BCUT2D eigenvalue weighted by Crippen LogP contribution is -2.23. The Morgan fingerprint density at radius 3 is 2.41 bits per heavy atom. The van der Waals surface area contributed by atoms with Crippen LogP contribution in [0.25, 0.3) is 6.08 Å². The number of aromatic carboxylic acids is 1. The second kappa shape index (κ2) is 8.40. The number of hydrogen-bond acceptors (Lipinski definition) is 4. The second-order valence-electron chi connectivity index (χ2n) is 6.80. The Balaban J connectivity index is 2.13. The van der Waals surface area contributed by atoms with Crippen molar-refractivity contribution in [2.24, 2.45) is 0 Å². The predicted octanol–water partition coefficient (Wildman–Crippen LogP) is 4.22. The van der Waals surface area contributed by atoms with E-state index in [0.29, 0.717) is 11.5 Å². The first-order chi connectivity index (χ1) is 12.7. The number of methoxy groups -OCH3 is 1. The molecule has 0 saturated carbocycles. The summed E-state index contributed by atoms with van der Waals surface area (Å²) in [6, 6.07) is 11.6. The summed E-state index contributed by atoms with van der Waals surface area (Å²) in [7, 11) is 1.55. The van der Waals surface area contributed by atoms with Gasteiger partial charge >= 0.3 is 5.97 Å². The number of amides is 1. The van der Waals surface area contributed by atoms with E-state index < -0.39 is 11.9 Å². The van der Waals surface area contributed by atoms with Crippen molar-refractivity contribution in [3.8, 4) is 11.5 Å². The van der Waals surface area contributed by atoms with Gasteiger partial charge in [0.1, 0.15) is 5.60 Å². The predicted molar refractivity (Wildman–Crippen MR) is 104 cm³/mol. The van der Waals surface area contributed by atoms with E-state index in [0.717, 1.165) is 5.56 Å². The van der Waals surface area contributed by atoms with Crippen LogP contribution >= 0.6 is 0 Å². The highest BCUT2D eigenvalue weighted by Gasteiger charge is 2.15. The summed E-state index contributed by atoms with van der Waals surface area (Å²) < 4.78 is 11.2. The summed E-state index contributed by atoms with van der Waals surface area (Å²) in [6.07, 6.45) is 2.94. The molecule has 0 aliphatic carbocycles. The summed E-state index contributed by atoms with van der Waals surface area (Å²) in [5.41, 5.74) is 0.660. The van der Waals surface area contributed by atoms with Crippen molar-refractivity contribution < 1.29 is 24.2 Å². The lowest BCUT2D eigenvalue weighted by molar-refractivity contribution is -0.111. The van der Waals surface area contributed by atoms with Crippen molar-refractivity contribution in [2.75, 3.05) is 12.4 Å². The number of carboxylic acids is 1. The summed E-state index contributed by atoms with van der Waals surface area (Å²) in [6.45, 7) is 5.83. The number of anilines is 1. The molecule has 0 saturated heterocycles. The Kier molecular flexibility index (Phi) is 6.23. The molecule has 2 aromatic rings. The van der Waals surface area contributed by atoms with Crippen LogP contribution in [0.2, 0.25) is 0 Å². The fraction of sp³-hybridized carbons (Fsp3) is 0.238. The molecular formula is C21H23NO5. The highest BCUT2D eigenvalue weighted by atomic mass is 16.5. The third-order valence-electron chi connectivity index (χ3n) is 3.45. The SMILES string of the molecule is COc1cc(C=CC(=O)Nc2ccccc2C(=O)O)ccc1OC(C)(C)C. The number of para-hydroxylation sites is 1. The smallest absolute Gasteiger partial charge is 0.337 e. The number of carboxylic acid groups (broad SMARTS) is 1. The first-order valence-corrected chi connectivity index (χ1v) is 8.38. The van der Waals surface area contributed by atoms with Gasteiger partial charge in [-0.2, -0.15) is 0 Å². The van der Waals surface area contributed by atoms with Crippen LogP contribution in [-0.4, -0.2) is 29.7 Å². The molecular weight excluding hydrogens is 346 g/mol. The molecule has 0 aliphatic rings. The zero-order valence-electron chi connectivity index (χ0n) is 15.8. The van der Waals surface area contributed by atoms with Crippen LogP contribution in [0.1, 0.15) is 36.7 Å². The van der Waals surface area contributed by atoms with Crippen molar-refractivity contribution in [3.05, 3.63) is 59.7 Å². The molecule has 2 aromatic carbocycles. The van der Waals surface area contributed by atoms with Gasteiger partial charge in [0.15, 0.2) is 11.5 Å². The zero-order chi connectivity index (χ0) is 20.0. The summed E-state index contributed by atoms with van der Waals surface area (Å²) >= 11 is 0. The van der Waals surface area contributed by atoms with Gasteiger partial charge < -0.3 is 19.9 Å². The van der Waals surface area contributed by atoms with Crippen LogP contribution in [0.3, 0.4) is 0 Å². The minimum absolute atomic E-state index is 0.0320. The molecule has 0 bridgehead atoms. The van der Waals surface area contributed by atoms with Crippen LogP contribution < -0.4 is 14.8 Å². The normalized spacial score (nSPS) is 11.3. The quantitative estimate of drug-likeness (QED) is 0.745. The molecule has 1 amide bonds. The zero-order valence-corrected chi connectivity index (χ0v) is 15.8. The first-order valence-electron chi connectivity index (χ1n) is 8.38. The van der Waals surface area contributed by atoms with E-state index in [2.05, 4.69) is 5.32 Å². The Morgan fingerprint density at radius 1 is 1.07 bits per heavy atom. The van der Waals surface area contributed by atoms with Gasteiger partial charge in [0.2, 0.25) is 5.91 Å². The lowest BCUT2D eigenvalue weighted by atomic mass is 10.1. The molecule has 27 heavy (non-hydrogen) atoms. The summed E-state index contributed by atoms with van der Waals surface area (Å²) in [4.78, 5) is 23.3. The van der Waals surface area contributed by atoms with E-state index in [9.17, 15) is 9.59 Å². The Hall–Kier alpha value is -3.28. The van der Waals surface area contributed by atoms with E-state index in [1.807, 2.05) is 20.8 Å². The molecule has 0 spiro atoms. The van der Waals surface area contributed by atoms with Crippen molar-refractivity contribution in [1.82, 2.24) is 0 Å². The Bertz CT molecular complexity index is 865. The number of ether oxygens (including phenoxy) is 2. The molecule has 0 aromatic heterocycles. The number of hydrogen-bond donors (Lipinski definition) is 2. The van der Waals surface area contributed by atoms with Crippen LogP contribution in [0.5, 0.6) is 11.5 Å². The minimum atomic E-state index is -1.10. The summed E-state index contributed by atoms with van der Waals surface area (Å²) in [5.74, 6) is -0.363. The van der Waals surface area contributed by atoms with Gasteiger partial charge in [0.05, 0.1) is 18.4 Å². The van der Waals surface area contributed by atoms with Gasteiger partial charge in [-0.3, -0.25) is 4.79 Å². The number of carbonyl (C=O) groups excluding carboxylic acids is 1. The van der Waals surface area contributed by atoms with Crippen LogP contribution in [-0.2, 0) is 4.79 Å². The van der Waals surface area contributed by atoms with Gasteiger partial charge in [-0.05, 0) is 56.7 Å². The molecule has 0 heterocycles. The average molecular weight is 369 g/mol. The maximum atomic E-state index is 12.1. The third kappa shape index (κ3) is 5.88. The number of carbonyl (C=O) groups is 2. The second-order valence-corrected chi connectivity index (χ2v) is 6.80. The van der Waals surface area contributed by atoms with Crippen molar-refractivity contribution in [1.29, 1.82) is 0 Å². The Morgan fingerprint density at radius 2 is 1.78 bits per heavy atom. The summed E-state index contributed by atoms with van der Waals surface area (Å²) in [5, 5.41) is 11.7. The standard InChI is InChI=1S/C21H23NO5/c1-21(2,3)27-17-11-9-14(13-18(17)26-4)10-12-19(23)22-16-8-6-5-7-15(16)20(24)25/h5-13H,1-4H3,(H,22,23)(H,24,25). The van der Waals surface area contributed by atoms with Crippen LogP contribution in [0.15, 0.2) is 48.5 Å². The lowest BCUT2D eigenvalue weighted by Gasteiger charge is -2.22. The maximum absolute atomic E-state index is 12.1. The Labute approximate surface area is 158 Å².